The van der Waals surface area contributed by atoms with Crippen LogP contribution in [0.25, 0.3) is 5.78 Å². The first kappa shape index (κ1) is 19.4. The van der Waals surface area contributed by atoms with Gasteiger partial charge >= 0.3 is 0 Å². The summed E-state index contributed by atoms with van der Waals surface area (Å²) < 4.78 is 15.4. The average Bonchev–Trinajstić information content (AvgIpc) is 3.06. The summed E-state index contributed by atoms with van der Waals surface area (Å²) in [7, 11) is 0. The highest BCUT2D eigenvalue weighted by Gasteiger charge is 2.17. The molecule has 2 heterocycles. The van der Waals surface area contributed by atoms with E-state index >= 15 is 0 Å². The topological polar surface area (TPSA) is 75.1 Å². The van der Waals surface area contributed by atoms with Gasteiger partial charge in [-0.05, 0) is 43.7 Å². The maximum atomic E-state index is 14.2. The predicted molar refractivity (Wildman–Crippen MR) is 112 cm³/mol. The highest BCUT2D eigenvalue weighted by atomic mass is 35.5. The fourth-order valence-corrected chi connectivity index (χ4v) is 3.45. The minimum Gasteiger partial charge on any atom is -0.324 e. The van der Waals surface area contributed by atoms with Crippen LogP contribution in [0.1, 0.15) is 22.4 Å². The summed E-state index contributed by atoms with van der Waals surface area (Å²) in [5, 5.41) is 6.83. The van der Waals surface area contributed by atoms with Crippen molar-refractivity contribution in [1.82, 2.24) is 19.6 Å². The van der Waals surface area contributed by atoms with Gasteiger partial charge in [-0.3, -0.25) is 9.89 Å². The monoisotopic (exact) mass is 431 g/mol. The third-order valence-corrected chi connectivity index (χ3v) is 5.25. The van der Waals surface area contributed by atoms with Crippen molar-refractivity contribution in [2.45, 2.75) is 20.3 Å². The molecule has 0 atom stereocenters. The molecule has 0 radical (unpaired) electrons. The van der Waals surface area contributed by atoms with Crippen LogP contribution in [0.5, 0.6) is 0 Å². The highest BCUT2D eigenvalue weighted by molar-refractivity contribution is 6.31. The maximum Gasteiger partial charge on any atom is 0.277 e. The molecule has 2 aromatic carbocycles. The lowest BCUT2D eigenvalue weighted by molar-refractivity contribution is 0.613. The van der Waals surface area contributed by atoms with Crippen LogP contribution >= 0.6 is 23.2 Å². The second-order valence-corrected chi connectivity index (χ2v) is 7.49. The number of rotatable bonds is 4. The Morgan fingerprint density at radius 3 is 2.69 bits per heavy atom. The third-order valence-electron chi connectivity index (χ3n) is 4.66. The van der Waals surface area contributed by atoms with E-state index in [1.807, 2.05) is 13.0 Å². The van der Waals surface area contributed by atoms with E-state index in [4.69, 9.17) is 23.2 Å². The summed E-state index contributed by atoms with van der Waals surface area (Å²) in [6.45, 7) is 3.61. The highest BCUT2D eigenvalue weighted by Crippen LogP contribution is 2.24. The van der Waals surface area contributed by atoms with Crippen molar-refractivity contribution in [3.8, 4) is 0 Å². The first-order valence-corrected chi connectivity index (χ1v) is 9.53. The van der Waals surface area contributed by atoms with Crippen molar-refractivity contribution < 1.29 is 4.39 Å². The zero-order chi connectivity index (χ0) is 20.7. The van der Waals surface area contributed by atoms with Crippen LogP contribution in [0, 0.1) is 19.7 Å². The van der Waals surface area contributed by atoms with Crippen molar-refractivity contribution in [2.24, 2.45) is 0 Å². The molecule has 29 heavy (non-hydrogen) atoms. The van der Waals surface area contributed by atoms with Crippen LogP contribution < -0.4 is 10.9 Å². The number of aryl methyl sites for hydroxylation is 2. The number of fused-ring (bicyclic) bond motifs is 1. The molecular formula is C20H16Cl2FN5O. The van der Waals surface area contributed by atoms with E-state index < -0.39 is 5.82 Å². The normalized spacial score (nSPS) is 11.2. The van der Waals surface area contributed by atoms with E-state index in [9.17, 15) is 9.18 Å². The van der Waals surface area contributed by atoms with Gasteiger partial charge in [0.25, 0.3) is 11.3 Å². The van der Waals surface area contributed by atoms with E-state index in [0.29, 0.717) is 22.2 Å². The number of nitrogens with zero attached hydrogens (tertiary/aromatic N) is 3. The zero-order valence-electron chi connectivity index (χ0n) is 15.6. The Morgan fingerprint density at radius 2 is 1.93 bits per heavy atom. The Hall–Kier alpha value is -2.90. The molecule has 0 saturated carbocycles. The van der Waals surface area contributed by atoms with Crippen molar-refractivity contribution in [2.75, 3.05) is 5.32 Å². The van der Waals surface area contributed by atoms with Crippen molar-refractivity contribution in [3.05, 3.63) is 85.0 Å². The number of benzene rings is 2. The van der Waals surface area contributed by atoms with Gasteiger partial charge in [-0.1, -0.05) is 35.3 Å². The lowest BCUT2D eigenvalue weighted by atomic mass is 10.0. The molecule has 0 spiro atoms. The van der Waals surface area contributed by atoms with E-state index in [1.165, 1.54) is 16.6 Å². The van der Waals surface area contributed by atoms with Crippen molar-refractivity contribution >= 4 is 40.6 Å². The number of hydrogen-bond acceptors (Lipinski definition) is 4. The number of hydrogen-bond donors (Lipinski definition) is 2. The molecule has 0 aliphatic rings. The summed E-state index contributed by atoms with van der Waals surface area (Å²) in [5.41, 5.74) is 2.40. The summed E-state index contributed by atoms with van der Waals surface area (Å²) in [6, 6.07) is 9.84. The second kappa shape index (κ2) is 7.50. The Kier molecular flexibility index (Phi) is 5.02. The van der Waals surface area contributed by atoms with Gasteiger partial charge in [-0.15, -0.1) is 0 Å². The van der Waals surface area contributed by atoms with Gasteiger partial charge in [0.15, 0.2) is 0 Å². The summed E-state index contributed by atoms with van der Waals surface area (Å²) >= 11 is 12.2. The van der Waals surface area contributed by atoms with Gasteiger partial charge in [-0.25, -0.2) is 9.37 Å². The molecule has 0 bridgehead atoms. The van der Waals surface area contributed by atoms with Crippen LogP contribution in [-0.2, 0) is 6.42 Å². The average molecular weight is 432 g/mol. The number of halogens is 3. The lowest BCUT2D eigenvalue weighted by Crippen LogP contribution is -2.22. The Bertz CT molecular complexity index is 1280. The van der Waals surface area contributed by atoms with Crippen LogP contribution in [0.2, 0.25) is 10.0 Å². The van der Waals surface area contributed by atoms with Crippen molar-refractivity contribution in [3.63, 3.8) is 0 Å². The maximum absolute atomic E-state index is 14.2. The molecule has 2 aromatic heterocycles. The molecule has 4 rings (SSSR count). The molecule has 148 valence electrons. The molecular weight excluding hydrogens is 416 g/mol. The molecule has 2 N–H and O–H groups in total. The number of aromatic amines is 1. The quantitative estimate of drug-likeness (QED) is 0.485. The van der Waals surface area contributed by atoms with Gasteiger partial charge in [0.05, 0.1) is 5.69 Å². The smallest absolute Gasteiger partial charge is 0.277 e. The van der Waals surface area contributed by atoms with E-state index in [2.05, 4.69) is 20.4 Å². The molecule has 0 saturated heterocycles. The fourth-order valence-electron chi connectivity index (χ4n) is 3.05. The SMILES string of the molecule is Cc1ccc(Cl)cc1Nc1nc2nc(C)c(Cc3c(F)cccc3Cl)c(=O)n2[nH]1. The Morgan fingerprint density at radius 1 is 1.14 bits per heavy atom. The molecule has 9 heteroatoms. The molecule has 0 unspecified atom stereocenters. The van der Waals surface area contributed by atoms with Gasteiger partial charge < -0.3 is 5.32 Å². The standard InChI is InChI=1S/C20H16Cl2FN5O/c1-10-6-7-12(21)8-17(10)25-19-26-20-24-11(2)13(18(29)28(20)27-19)9-14-15(22)4-3-5-16(14)23/h3-8H,9H2,1-2H3,(H2,24,25,26,27). The van der Waals surface area contributed by atoms with Crippen LogP contribution in [0.3, 0.4) is 0 Å². The second-order valence-electron chi connectivity index (χ2n) is 6.65. The first-order chi connectivity index (χ1) is 13.8. The van der Waals surface area contributed by atoms with E-state index in [0.717, 1.165) is 11.3 Å². The summed E-state index contributed by atoms with van der Waals surface area (Å²) in [6.07, 6.45) is 0.0291. The zero-order valence-corrected chi connectivity index (χ0v) is 17.1. The Balaban J connectivity index is 1.76. The Labute approximate surface area is 175 Å². The molecule has 6 nitrogen and oxygen atoms in total. The van der Waals surface area contributed by atoms with Gasteiger partial charge in [0.1, 0.15) is 5.82 Å². The summed E-state index contributed by atoms with van der Waals surface area (Å²) in [5.74, 6) is 0.0725. The third kappa shape index (κ3) is 3.71. The number of nitrogens with one attached hydrogen (secondary N) is 2. The fraction of sp³-hybridized carbons (Fsp3) is 0.150. The first-order valence-electron chi connectivity index (χ1n) is 8.78. The van der Waals surface area contributed by atoms with Crippen LogP contribution in [0.4, 0.5) is 16.0 Å². The predicted octanol–water partition coefficient (Wildman–Crippen LogP) is 4.81. The number of H-pyrrole nitrogens is 1. The van der Waals surface area contributed by atoms with E-state index in [-0.39, 0.29) is 28.3 Å². The van der Waals surface area contributed by atoms with E-state index in [1.54, 1.807) is 25.1 Å². The number of anilines is 2. The molecule has 0 amide bonds. The molecule has 0 fully saturated rings. The lowest BCUT2D eigenvalue weighted by Gasteiger charge is -2.08. The largest absolute Gasteiger partial charge is 0.324 e. The minimum atomic E-state index is -0.468. The molecule has 0 aliphatic carbocycles. The van der Waals surface area contributed by atoms with Gasteiger partial charge in [0.2, 0.25) is 5.95 Å². The number of aromatic nitrogens is 4. The van der Waals surface area contributed by atoms with Crippen LogP contribution in [-0.4, -0.2) is 19.6 Å². The van der Waals surface area contributed by atoms with Crippen LogP contribution in [0.15, 0.2) is 41.2 Å². The van der Waals surface area contributed by atoms with Crippen molar-refractivity contribution in [1.29, 1.82) is 0 Å². The molecule has 4 aromatic rings. The summed E-state index contributed by atoms with van der Waals surface area (Å²) in [4.78, 5) is 21.7. The van der Waals surface area contributed by atoms with Gasteiger partial charge in [-0.2, -0.15) is 9.50 Å². The van der Waals surface area contributed by atoms with Gasteiger partial charge in [0, 0.05) is 33.3 Å². The minimum absolute atomic E-state index is 0.0291. The molecule has 0 aliphatic heterocycles.